The Morgan fingerprint density at radius 1 is 1.28 bits per heavy atom. The van der Waals surface area contributed by atoms with Gasteiger partial charge in [-0.25, -0.2) is 4.98 Å². The van der Waals surface area contributed by atoms with Crippen LogP contribution in [0.5, 0.6) is 0 Å². The number of aromatic nitrogens is 1. The lowest BCUT2D eigenvalue weighted by Gasteiger charge is -2.06. The monoisotopic (exact) mass is 244 g/mol. The van der Waals surface area contributed by atoms with Gasteiger partial charge in [0.05, 0.1) is 5.56 Å². The average molecular weight is 244 g/mol. The number of benzene rings is 1. The number of amides is 1. The van der Waals surface area contributed by atoms with Crippen LogP contribution in [0.4, 0.5) is 4.39 Å². The minimum absolute atomic E-state index is 0.0374. The van der Waals surface area contributed by atoms with Crippen molar-refractivity contribution in [3.63, 3.8) is 0 Å². The Morgan fingerprint density at radius 2 is 2.00 bits per heavy atom. The van der Waals surface area contributed by atoms with Crippen LogP contribution in [0.2, 0.25) is 0 Å². The quantitative estimate of drug-likeness (QED) is 0.843. The van der Waals surface area contributed by atoms with E-state index in [2.05, 4.69) is 10.3 Å². The molecule has 4 heteroatoms. The molecule has 0 aliphatic carbocycles. The van der Waals surface area contributed by atoms with Gasteiger partial charge in [0.25, 0.3) is 5.91 Å². The van der Waals surface area contributed by atoms with Crippen molar-refractivity contribution in [3.8, 4) is 0 Å². The first-order chi connectivity index (χ1) is 8.66. The largest absolute Gasteiger partial charge is 0.348 e. The number of carbonyl (C=O) groups is 1. The van der Waals surface area contributed by atoms with Gasteiger partial charge in [0.2, 0.25) is 5.95 Å². The van der Waals surface area contributed by atoms with Crippen molar-refractivity contribution < 1.29 is 9.18 Å². The standard InChI is InChI=1S/C14H13FN2O/c1-10-4-6-11(7-5-10)9-17-14(18)12-3-2-8-16-13(12)15/h2-8H,9H2,1H3,(H,17,18). The van der Waals surface area contributed by atoms with Crippen LogP contribution in [0.25, 0.3) is 0 Å². The van der Waals surface area contributed by atoms with Gasteiger partial charge >= 0.3 is 0 Å². The number of nitrogens with one attached hydrogen (secondary N) is 1. The summed E-state index contributed by atoms with van der Waals surface area (Å²) < 4.78 is 13.2. The van der Waals surface area contributed by atoms with Crippen LogP contribution in [-0.2, 0) is 6.54 Å². The third-order valence-corrected chi connectivity index (χ3v) is 2.58. The average Bonchev–Trinajstić information content (AvgIpc) is 2.38. The number of aryl methyl sites for hydroxylation is 1. The number of hydrogen-bond donors (Lipinski definition) is 1. The molecule has 0 fully saturated rings. The summed E-state index contributed by atoms with van der Waals surface area (Å²) in [6.45, 7) is 2.36. The number of pyridine rings is 1. The molecule has 1 N–H and O–H groups in total. The Hall–Kier alpha value is -2.23. The summed E-state index contributed by atoms with van der Waals surface area (Å²) in [7, 11) is 0. The van der Waals surface area contributed by atoms with Crippen molar-refractivity contribution in [1.82, 2.24) is 10.3 Å². The smallest absolute Gasteiger partial charge is 0.256 e. The van der Waals surface area contributed by atoms with Crippen molar-refractivity contribution in [3.05, 3.63) is 65.2 Å². The fourth-order valence-corrected chi connectivity index (χ4v) is 1.54. The molecule has 18 heavy (non-hydrogen) atoms. The van der Waals surface area contributed by atoms with Crippen LogP contribution in [0.1, 0.15) is 21.5 Å². The first kappa shape index (κ1) is 12.2. The molecule has 1 heterocycles. The molecule has 0 spiro atoms. The first-order valence-electron chi connectivity index (χ1n) is 5.61. The minimum atomic E-state index is -0.751. The SMILES string of the molecule is Cc1ccc(CNC(=O)c2cccnc2F)cc1. The maximum atomic E-state index is 13.2. The second kappa shape index (κ2) is 5.40. The van der Waals surface area contributed by atoms with Gasteiger partial charge in [0.1, 0.15) is 0 Å². The molecular formula is C14H13FN2O. The highest BCUT2D eigenvalue weighted by Gasteiger charge is 2.11. The van der Waals surface area contributed by atoms with E-state index in [0.29, 0.717) is 6.54 Å². The lowest BCUT2D eigenvalue weighted by Crippen LogP contribution is -2.24. The summed E-state index contributed by atoms with van der Waals surface area (Å²) >= 11 is 0. The van der Waals surface area contributed by atoms with Crippen molar-refractivity contribution in [2.75, 3.05) is 0 Å². The molecule has 3 nitrogen and oxygen atoms in total. The van der Waals surface area contributed by atoms with Crippen LogP contribution in [0.3, 0.4) is 0 Å². The Morgan fingerprint density at radius 3 is 2.67 bits per heavy atom. The number of nitrogens with zero attached hydrogens (tertiary/aromatic N) is 1. The van der Waals surface area contributed by atoms with Gasteiger partial charge in [0.15, 0.2) is 0 Å². The molecule has 0 aliphatic heterocycles. The predicted octanol–water partition coefficient (Wildman–Crippen LogP) is 2.46. The Kier molecular flexibility index (Phi) is 3.67. The summed E-state index contributed by atoms with van der Waals surface area (Å²) in [6.07, 6.45) is 1.31. The van der Waals surface area contributed by atoms with Gasteiger partial charge < -0.3 is 5.32 Å². The molecule has 0 atom stereocenters. The normalized spacial score (nSPS) is 10.1. The van der Waals surface area contributed by atoms with Gasteiger partial charge in [-0.1, -0.05) is 29.8 Å². The number of carbonyl (C=O) groups excluding carboxylic acids is 1. The molecule has 1 aromatic carbocycles. The van der Waals surface area contributed by atoms with Gasteiger partial charge in [-0.05, 0) is 24.6 Å². The maximum Gasteiger partial charge on any atom is 0.256 e. The van der Waals surface area contributed by atoms with E-state index in [-0.39, 0.29) is 5.56 Å². The highest BCUT2D eigenvalue weighted by Crippen LogP contribution is 2.05. The topological polar surface area (TPSA) is 42.0 Å². The predicted molar refractivity (Wildman–Crippen MR) is 66.5 cm³/mol. The summed E-state index contributed by atoms with van der Waals surface area (Å²) in [4.78, 5) is 15.2. The van der Waals surface area contributed by atoms with E-state index in [1.807, 2.05) is 31.2 Å². The van der Waals surface area contributed by atoms with Crippen LogP contribution in [-0.4, -0.2) is 10.9 Å². The third kappa shape index (κ3) is 2.91. The lowest BCUT2D eigenvalue weighted by molar-refractivity contribution is 0.0946. The van der Waals surface area contributed by atoms with E-state index in [9.17, 15) is 9.18 Å². The van der Waals surface area contributed by atoms with Gasteiger partial charge in [-0.2, -0.15) is 4.39 Å². The van der Waals surface area contributed by atoms with E-state index in [4.69, 9.17) is 0 Å². The highest BCUT2D eigenvalue weighted by molar-refractivity contribution is 5.94. The Labute approximate surface area is 105 Å². The number of rotatable bonds is 3. The lowest BCUT2D eigenvalue weighted by atomic mass is 10.1. The Bertz CT molecular complexity index is 552. The molecule has 0 saturated carbocycles. The van der Waals surface area contributed by atoms with Crippen LogP contribution in [0.15, 0.2) is 42.6 Å². The first-order valence-corrected chi connectivity index (χ1v) is 5.61. The third-order valence-electron chi connectivity index (χ3n) is 2.58. The second-order valence-electron chi connectivity index (χ2n) is 4.01. The molecule has 0 unspecified atom stereocenters. The molecule has 0 aliphatic rings. The van der Waals surface area contributed by atoms with Crippen molar-refractivity contribution in [2.45, 2.75) is 13.5 Å². The fraction of sp³-hybridized carbons (Fsp3) is 0.143. The molecule has 0 radical (unpaired) electrons. The van der Waals surface area contributed by atoms with E-state index in [0.717, 1.165) is 11.1 Å². The molecule has 1 aromatic heterocycles. The molecule has 0 saturated heterocycles. The molecule has 0 bridgehead atoms. The van der Waals surface area contributed by atoms with Gasteiger partial charge in [-0.15, -0.1) is 0 Å². The summed E-state index contributed by atoms with van der Waals surface area (Å²) in [5, 5.41) is 2.66. The zero-order chi connectivity index (χ0) is 13.0. The highest BCUT2D eigenvalue weighted by atomic mass is 19.1. The van der Waals surface area contributed by atoms with Crippen LogP contribution in [0, 0.1) is 12.9 Å². The van der Waals surface area contributed by atoms with E-state index >= 15 is 0 Å². The summed E-state index contributed by atoms with van der Waals surface area (Å²) in [6, 6.07) is 10.7. The molecule has 2 rings (SSSR count). The maximum absolute atomic E-state index is 13.2. The summed E-state index contributed by atoms with van der Waals surface area (Å²) in [5.41, 5.74) is 2.09. The van der Waals surface area contributed by atoms with E-state index in [1.165, 1.54) is 18.3 Å². The molecule has 2 aromatic rings. The second-order valence-corrected chi connectivity index (χ2v) is 4.01. The van der Waals surface area contributed by atoms with Gasteiger partial charge in [-0.3, -0.25) is 4.79 Å². The Balaban J connectivity index is 2.01. The fourth-order valence-electron chi connectivity index (χ4n) is 1.54. The van der Waals surface area contributed by atoms with E-state index in [1.54, 1.807) is 0 Å². The minimum Gasteiger partial charge on any atom is -0.348 e. The zero-order valence-corrected chi connectivity index (χ0v) is 9.98. The molecular weight excluding hydrogens is 231 g/mol. The van der Waals surface area contributed by atoms with E-state index < -0.39 is 11.9 Å². The zero-order valence-electron chi connectivity index (χ0n) is 9.98. The summed E-state index contributed by atoms with van der Waals surface area (Å²) in [5.74, 6) is -1.21. The van der Waals surface area contributed by atoms with Crippen molar-refractivity contribution >= 4 is 5.91 Å². The molecule has 1 amide bonds. The number of hydrogen-bond acceptors (Lipinski definition) is 2. The van der Waals surface area contributed by atoms with Crippen molar-refractivity contribution in [1.29, 1.82) is 0 Å². The van der Waals surface area contributed by atoms with Crippen molar-refractivity contribution in [2.24, 2.45) is 0 Å². The van der Waals surface area contributed by atoms with Crippen LogP contribution < -0.4 is 5.32 Å². The molecule has 92 valence electrons. The van der Waals surface area contributed by atoms with Gasteiger partial charge in [0, 0.05) is 12.7 Å². The van der Waals surface area contributed by atoms with Crippen LogP contribution >= 0.6 is 0 Å². The number of halogens is 1.